The molecule has 162 valence electrons. The average Bonchev–Trinajstić information content (AvgIpc) is 3.29. The van der Waals surface area contributed by atoms with Crippen LogP contribution in [0.25, 0.3) is 0 Å². The van der Waals surface area contributed by atoms with Crippen molar-refractivity contribution in [2.75, 3.05) is 27.7 Å². The van der Waals surface area contributed by atoms with Crippen LogP contribution in [0.1, 0.15) is 27.0 Å². The summed E-state index contributed by atoms with van der Waals surface area (Å²) in [4.78, 5) is 18.0. The molecule has 3 rings (SSSR count). The van der Waals surface area contributed by atoms with Gasteiger partial charge in [0.05, 0.1) is 6.54 Å². The fourth-order valence-electron chi connectivity index (χ4n) is 3.27. The Morgan fingerprint density at radius 1 is 1.03 bits per heavy atom. The number of hydrogen-bond donors (Lipinski definition) is 2. The highest BCUT2D eigenvalue weighted by molar-refractivity contribution is 5.94. The zero-order chi connectivity index (χ0) is 22.1. The van der Waals surface area contributed by atoms with Crippen LogP contribution in [0.15, 0.2) is 72.0 Å². The van der Waals surface area contributed by atoms with Crippen molar-refractivity contribution in [1.29, 1.82) is 0 Å². The monoisotopic (exact) mass is 418 g/mol. The second kappa shape index (κ2) is 11.0. The molecule has 2 aromatic carbocycles. The Labute approximate surface area is 183 Å². The van der Waals surface area contributed by atoms with E-state index < -0.39 is 0 Å². The second-order valence-corrected chi connectivity index (χ2v) is 7.53. The fourth-order valence-corrected chi connectivity index (χ4v) is 3.27. The highest BCUT2D eigenvalue weighted by atomic mass is 16.2. The fraction of sp³-hybridized carbons (Fsp3) is 0.292. The van der Waals surface area contributed by atoms with Crippen LogP contribution in [0.2, 0.25) is 0 Å². The van der Waals surface area contributed by atoms with Crippen LogP contribution in [0.4, 0.5) is 0 Å². The first-order valence-corrected chi connectivity index (χ1v) is 10.4. The van der Waals surface area contributed by atoms with Crippen molar-refractivity contribution in [1.82, 2.24) is 25.3 Å². The van der Waals surface area contributed by atoms with Gasteiger partial charge in [-0.15, -0.1) is 0 Å². The molecule has 1 amide bonds. The largest absolute Gasteiger partial charge is 0.356 e. The number of carbonyl (C=O) groups excluding carboxylic acids is 1. The van der Waals surface area contributed by atoms with E-state index in [0.29, 0.717) is 12.1 Å². The maximum atomic E-state index is 12.1. The number of nitrogens with one attached hydrogen (secondary N) is 2. The molecule has 2 N–H and O–H groups in total. The van der Waals surface area contributed by atoms with Crippen LogP contribution in [0.3, 0.4) is 0 Å². The van der Waals surface area contributed by atoms with Crippen LogP contribution in [0.5, 0.6) is 0 Å². The molecule has 0 atom stereocenters. The summed E-state index contributed by atoms with van der Waals surface area (Å²) in [7, 11) is 5.29. The third-order valence-electron chi connectivity index (χ3n) is 4.86. The Bertz CT molecular complexity index is 1010. The molecule has 0 spiro atoms. The van der Waals surface area contributed by atoms with E-state index in [2.05, 4.69) is 45.0 Å². The van der Waals surface area contributed by atoms with Crippen LogP contribution in [0, 0.1) is 0 Å². The number of aliphatic imine (C=N–C) groups is 1. The molecule has 0 aliphatic rings. The van der Waals surface area contributed by atoms with Gasteiger partial charge in [0.25, 0.3) is 5.91 Å². The first kappa shape index (κ1) is 22.1. The summed E-state index contributed by atoms with van der Waals surface area (Å²) >= 11 is 0. The molecule has 0 aliphatic carbocycles. The minimum absolute atomic E-state index is 0.0158. The van der Waals surface area contributed by atoms with Crippen LogP contribution in [-0.2, 0) is 19.5 Å². The van der Waals surface area contributed by atoms with E-state index in [0.717, 1.165) is 31.0 Å². The quantitative estimate of drug-likeness (QED) is 0.436. The SMILES string of the molecule is CN=C(NCCc1cccc(C(=O)N(C)C)c1)NCc1cccc(Cn2cccn2)c1. The molecule has 0 bridgehead atoms. The van der Waals surface area contributed by atoms with Gasteiger partial charge in [0.15, 0.2) is 5.96 Å². The zero-order valence-electron chi connectivity index (χ0n) is 18.4. The van der Waals surface area contributed by atoms with Crippen molar-refractivity contribution < 1.29 is 4.79 Å². The number of carbonyl (C=O) groups is 1. The molecular formula is C24H30N6O. The molecule has 1 heterocycles. The third-order valence-corrected chi connectivity index (χ3v) is 4.86. The summed E-state index contributed by atoms with van der Waals surface area (Å²) in [6.07, 6.45) is 4.55. The molecule has 31 heavy (non-hydrogen) atoms. The Morgan fingerprint density at radius 3 is 2.55 bits per heavy atom. The number of amides is 1. The Morgan fingerprint density at radius 2 is 1.81 bits per heavy atom. The third kappa shape index (κ3) is 6.70. The minimum Gasteiger partial charge on any atom is -0.356 e. The number of hydrogen-bond acceptors (Lipinski definition) is 3. The van der Waals surface area contributed by atoms with Gasteiger partial charge >= 0.3 is 0 Å². The summed E-state index contributed by atoms with van der Waals surface area (Å²) in [5.41, 5.74) is 4.21. The molecule has 0 unspecified atom stereocenters. The molecule has 1 aromatic heterocycles. The number of benzene rings is 2. The molecular weight excluding hydrogens is 388 g/mol. The molecule has 0 radical (unpaired) electrons. The van der Waals surface area contributed by atoms with Gasteiger partial charge in [-0.05, 0) is 41.3 Å². The summed E-state index contributed by atoms with van der Waals surface area (Å²) in [6.45, 7) is 2.15. The van der Waals surface area contributed by atoms with Crippen LogP contribution in [-0.4, -0.2) is 54.2 Å². The van der Waals surface area contributed by atoms with Gasteiger partial charge in [-0.3, -0.25) is 14.5 Å². The van der Waals surface area contributed by atoms with Crippen molar-refractivity contribution in [2.24, 2.45) is 4.99 Å². The summed E-state index contributed by atoms with van der Waals surface area (Å²) in [5, 5.41) is 11.0. The molecule has 7 nitrogen and oxygen atoms in total. The standard InChI is InChI=1S/C24H30N6O/c1-25-24(26-13-11-19-7-5-10-22(16-19)23(31)29(2)3)27-17-20-8-4-9-21(15-20)18-30-14-6-12-28-30/h4-10,12,14-16H,11,13,17-18H2,1-3H3,(H2,25,26,27). The van der Waals surface area contributed by atoms with E-state index in [4.69, 9.17) is 0 Å². The lowest BCUT2D eigenvalue weighted by Crippen LogP contribution is -2.37. The number of guanidine groups is 1. The summed E-state index contributed by atoms with van der Waals surface area (Å²) in [6, 6.07) is 18.1. The van der Waals surface area contributed by atoms with Gasteiger partial charge in [0, 0.05) is 52.2 Å². The zero-order valence-corrected chi connectivity index (χ0v) is 18.4. The van der Waals surface area contributed by atoms with E-state index in [-0.39, 0.29) is 5.91 Å². The van der Waals surface area contributed by atoms with Crippen LogP contribution >= 0.6 is 0 Å². The lowest BCUT2D eigenvalue weighted by molar-refractivity contribution is 0.0827. The summed E-state index contributed by atoms with van der Waals surface area (Å²) < 4.78 is 1.91. The average molecular weight is 419 g/mol. The van der Waals surface area contributed by atoms with E-state index >= 15 is 0 Å². The lowest BCUT2D eigenvalue weighted by atomic mass is 10.1. The molecule has 0 aliphatic heterocycles. The van der Waals surface area contributed by atoms with Crippen molar-refractivity contribution in [2.45, 2.75) is 19.5 Å². The first-order chi connectivity index (χ1) is 15.0. The van der Waals surface area contributed by atoms with Gasteiger partial charge < -0.3 is 15.5 Å². The maximum absolute atomic E-state index is 12.1. The van der Waals surface area contributed by atoms with Crippen molar-refractivity contribution in [3.63, 3.8) is 0 Å². The summed E-state index contributed by atoms with van der Waals surface area (Å²) in [5.74, 6) is 0.764. The van der Waals surface area contributed by atoms with Crippen molar-refractivity contribution in [3.8, 4) is 0 Å². The van der Waals surface area contributed by atoms with Crippen molar-refractivity contribution >= 4 is 11.9 Å². The highest BCUT2D eigenvalue weighted by Gasteiger charge is 2.08. The smallest absolute Gasteiger partial charge is 0.253 e. The topological polar surface area (TPSA) is 74.6 Å². The Kier molecular flexibility index (Phi) is 7.81. The predicted molar refractivity (Wildman–Crippen MR) is 124 cm³/mol. The second-order valence-electron chi connectivity index (χ2n) is 7.53. The van der Waals surface area contributed by atoms with Crippen LogP contribution < -0.4 is 10.6 Å². The molecule has 0 saturated heterocycles. The van der Waals surface area contributed by atoms with Crippen molar-refractivity contribution in [3.05, 3.63) is 89.2 Å². The molecule has 7 heteroatoms. The van der Waals surface area contributed by atoms with Gasteiger partial charge in [-0.1, -0.05) is 36.4 Å². The number of aromatic nitrogens is 2. The first-order valence-electron chi connectivity index (χ1n) is 10.4. The normalized spacial score (nSPS) is 11.3. The minimum atomic E-state index is 0.0158. The van der Waals surface area contributed by atoms with Gasteiger partial charge in [0.2, 0.25) is 0 Å². The van der Waals surface area contributed by atoms with E-state index in [1.54, 1.807) is 32.2 Å². The van der Waals surface area contributed by atoms with Gasteiger partial charge in [0.1, 0.15) is 0 Å². The molecule has 0 saturated carbocycles. The van der Waals surface area contributed by atoms with E-state index in [1.165, 1.54) is 11.1 Å². The Hall–Kier alpha value is -3.61. The van der Waals surface area contributed by atoms with E-state index in [9.17, 15) is 4.79 Å². The molecule has 3 aromatic rings. The molecule has 0 fully saturated rings. The van der Waals surface area contributed by atoms with Gasteiger partial charge in [-0.2, -0.15) is 5.10 Å². The highest BCUT2D eigenvalue weighted by Crippen LogP contribution is 2.08. The lowest BCUT2D eigenvalue weighted by Gasteiger charge is -2.14. The number of nitrogens with zero attached hydrogens (tertiary/aromatic N) is 4. The van der Waals surface area contributed by atoms with Gasteiger partial charge in [-0.25, -0.2) is 0 Å². The Balaban J connectivity index is 1.48. The predicted octanol–water partition coefficient (Wildman–Crippen LogP) is 2.54. The van der Waals surface area contributed by atoms with E-state index in [1.807, 2.05) is 41.2 Å². The number of rotatable bonds is 8. The maximum Gasteiger partial charge on any atom is 0.253 e.